The molecule has 2 aromatic carbocycles. The summed E-state index contributed by atoms with van der Waals surface area (Å²) in [5.74, 6) is 2.36. The maximum atomic E-state index is 6.05. The molecule has 0 unspecified atom stereocenters. The second-order valence-electron chi connectivity index (χ2n) is 4.94. The number of methoxy groups -OCH3 is 2. The van der Waals surface area contributed by atoms with Crippen molar-refractivity contribution >= 4 is 23.2 Å². The monoisotopic (exact) mass is 380 g/mol. The lowest BCUT2D eigenvalue weighted by Gasteiger charge is -2.07. The molecule has 0 aliphatic heterocycles. The van der Waals surface area contributed by atoms with E-state index in [1.165, 1.54) is 0 Å². The Labute approximate surface area is 154 Å². The molecule has 8 heteroatoms. The van der Waals surface area contributed by atoms with Crippen LogP contribution in [0.2, 0.25) is 10.0 Å². The number of hydrogen-bond donors (Lipinski definition) is 0. The Balaban J connectivity index is 1.77. The van der Waals surface area contributed by atoms with Crippen LogP contribution in [-0.4, -0.2) is 24.4 Å². The number of benzene rings is 2. The zero-order chi connectivity index (χ0) is 17.8. The van der Waals surface area contributed by atoms with E-state index >= 15 is 0 Å². The van der Waals surface area contributed by atoms with E-state index in [9.17, 15) is 0 Å². The smallest absolute Gasteiger partial charge is 0.264 e. The third-order valence-electron chi connectivity index (χ3n) is 3.36. The first kappa shape index (κ1) is 17.4. The lowest BCUT2D eigenvalue weighted by molar-refractivity contribution is 0.243. The summed E-state index contributed by atoms with van der Waals surface area (Å²) in [7, 11) is 3.14. The fourth-order valence-corrected chi connectivity index (χ4v) is 2.47. The number of hydrogen-bond acceptors (Lipinski definition) is 6. The lowest BCUT2D eigenvalue weighted by atomic mass is 10.2. The second-order valence-corrected chi connectivity index (χ2v) is 5.78. The average molecular weight is 381 g/mol. The van der Waals surface area contributed by atoms with E-state index in [1.54, 1.807) is 50.6 Å². The van der Waals surface area contributed by atoms with Crippen molar-refractivity contribution in [2.45, 2.75) is 6.61 Å². The highest BCUT2D eigenvalue weighted by atomic mass is 35.5. The van der Waals surface area contributed by atoms with Crippen LogP contribution in [0, 0.1) is 0 Å². The molecule has 0 amide bonds. The predicted molar refractivity (Wildman–Crippen MR) is 93.6 cm³/mol. The van der Waals surface area contributed by atoms with E-state index in [-0.39, 0.29) is 6.61 Å². The molecule has 3 rings (SSSR count). The van der Waals surface area contributed by atoms with Crippen LogP contribution < -0.4 is 14.2 Å². The van der Waals surface area contributed by atoms with Gasteiger partial charge in [0.2, 0.25) is 5.82 Å². The zero-order valence-corrected chi connectivity index (χ0v) is 15.0. The fourth-order valence-electron chi connectivity index (χ4n) is 2.13. The average Bonchev–Trinajstić information content (AvgIpc) is 3.10. The molecular weight excluding hydrogens is 367 g/mol. The Morgan fingerprint density at radius 3 is 2.60 bits per heavy atom. The standard InChI is InChI=1S/C17H14Cl2N2O4/c1-22-11-4-5-12(14(8-11)23-2)17-20-16(25-21-17)9-24-15-7-10(18)3-6-13(15)19/h3-8H,9H2,1-2H3. The van der Waals surface area contributed by atoms with Gasteiger partial charge in [-0.2, -0.15) is 4.98 Å². The van der Waals surface area contributed by atoms with E-state index in [0.29, 0.717) is 44.6 Å². The van der Waals surface area contributed by atoms with Crippen LogP contribution in [0.1, 0.15) is 5.89 Å². The molecule has 1 heterocycles. The molecule has 0 radical (unpaired) electrons. The van der Waals surface area contributed by atoms with E-state index in [2.05, 4.69) is 10.1 Å². The highest BCUT2D eigenvalue weighted by molar-refractivity contribution is 6.34. The molecule has 1 aromatic heterocycles. The van der Waals surface area contributed by atoms with E-state index in [0.717, 1.165) is 0 Å². The van der Waals surface area contributed by atoms with E-state index in [1.807, 2.05) is 0 Å². The molecule has 3 aromatic rings. The first-order chi connectivity index (χ1) is 12.1. The molecule has 0 spiro atoms. The molecular formula is C17H14Cl2N2O4. The molecule has 0 bridgehead atoms. The third kappa shape index (κ3) is 3.97. The molecule has 25 heavy (non-hydrogen) atoms. The quantitative estimate of drug-likeness (QED) is 0.620. The van der Waals surface area contributed by atoms with Gasteiger partial charge < -0.3 is 18.7 Å². The minimum absolute atomic E-state index is 0.0610. The van der Waals surface area contributed by atoms with Crippen LogP contribution in [0.3, 0.4) is 0 Å². The molecule has 0 aliphatic rings. The van der Waals surface area contributed by atoms with Gasteiger partial charge in [0.1, 0.15) is 17.2 Å². The van der Waals surface area contributed by atoms with Gasteiger partial charge in [0.05, 0.1) is 24.8 Å². The van der Waals surface area contributed by atoms with E-state index in [4.69, 9.17) is 41.9 Å². The van der Waals surface area contributed by atoms with Crippen LogP contribution in [0.4, 0.5) is 0 Å². The summed E-state index contributed by atoms with van der Waals surface area (Å²) in [5, 5.41) is 4.92. The number of nitrogens with zero attached hydrogens (tertiary/aromatic N) is 2. The highest BCUT2D eigenvalue weighted by Crippen LogP contribution is 2.32. The van der Waals surface area contributed by atoms with Crippen LogP contribution in [0.15, 0.2) is 40.9 Å². The van der Waals surface area contributed by atoms with Gasteiger partial charge in [0.15, 0.2) is 6.61 Å². The number of rotatable bonds is 6. The van der Waals surface area contributed by atoms with Crippen molar-refractivity contribution in [3.05, 3.63) is 52.3 Å². The predicted octanol–water partition coefficient (Wildman–Crippen LogP) is 4.64. The zero-order valence-electron chi connectivity index (χ0n) is 13.5. The van der Waals surface area contributed by atoms with Gasteiger partial charge in [-0.3, -0.25) is 0 Å². The first-order valence-electron chi connectivity index (χ1n) is 7.23. The minimum Gasteiger partial charge on any atom is -0.497 e. The topological polar surface area (TPSA) is 66.6 Å². The summed E-state index contributed by atoms with van der Waals surface area (Å²) in [6, 6.07) is 10.3. The van der Waals surface area contributed by atoms with Gasteiger partial charge in [-0.25, -0.2) is 0 Å². The Bertz CT molecular complexity index is 883. The van der Waals surface area contributed by atoms with Crippen LogP contribution in [0.5, 0.6) is 17.2 Å². The Hall–Kier alpha value is -2.44. The first-order valence-corrected chi connectivity index (χ1v) is 7.99. The van der Waals surface area contributed by atoms with Gasteiger partial charge in [-0.1, -0.05) is 28.4 Å². The van der Waals surface area contributed by atoms with Gasteiger partial charge in [0.25, 0.3) is 5.89 Å². The normalized spacial score (nSPS) is 10.6. The van der Waals surface area contributed by atoms with Crippen molar-refractivity contribution in [1.29, 1.82) is 0 Å². The maximum absolute atomic E-state index is 6.05. The maximum Gasteiger partial charge on any atom is 0.264 e. The fraction of sp³-hybridized carbons (Fsp3) is 0.176. The Morgan fingerprint density at radius 2 is 1.84 bits per heavy atom. The molecule has 0 saturated heterocycles. The summed E-state index contributed by atoms with van der Waals surface area (Å²) in [4.78, 5) is 4.31. The van der Waals surface area contributed by atoms with Gasteiger partial charge in [-0.05, 0) is 24.3 Å². The van der Waals surface area contributed by atoms with Crippen molar-refractivity contribution < 1.29 is 18.7 Å². The summed E-state index contributed by atoms with van der Waals surface area (Å²) >= 11 is 12.0. The van der Waals surface area contributed by atoms with Crippen LogP contribution >= 0.6 is 23.2 Å². The summed E-state index contributed by atoms with van der Waals surface area (Å²) in [6.45, 7) is 0.0610. The molecule has 0 fully saturated rings. The van der Waals surface area contributed by atoms with Gasteiger partial charge >= 0.3 is 0 Å². The third-order valence-corrected chi connectivity index (χ3v) is 3.91. The van der Waals surface area contributed by atoms with Crippen molar-refractivity contribution in [3.63, 3.8) is 0 Å². The number of aromatic nitrogens is 2. The number of halogens is 2. The van der Waals surface area contributed by atoms with Crippen molar-refractivity contribution in [2.24, 2.45) is 0 Å². The van der Waals surface area contributed by atoms with Crippen molar-refractivity contribution in [1.82, 2.24) is 10.1 Å². The molecule has 0 atom stereocenters. The largest absolute Gasteiger partial charge is 0.497 e. The molecule has 0 N–H and O–H groups in total. The SMILES string of the molecule is COc1ccc(-c2noc(COc3cc(Cl)ccc3Cl)n2)c(OC)c1. The summed E-state index contributed by atoms with van der Waals surface area (Å²) in [5.41, 5.74) is 0.680. The van der Waals surface area contributed by atoms with Gasteiger partial charge in [0, 0.05) is 17.2 Å². The van der Waals surface area contributed by atoms with Crippen molar-refractivity contribution in [3.8, 4) is 28.6 Å². The molecule has 0 saturated carbocycles. The molecule has 6 nitrogen and oxygen atoms in total. The highest BCUT2D eigenvalue weighted by Gasteiger charge is 2.15. The lowest BCUT2D eigenvalue weighted by Crippen LogP contribution is -1.96. The minimum atomic E-state index is 0.0610. The summed E-state index contributed by atoms with van der Waals surface area (Å²) < 4.78 is 21.3. The second kappa shape index (κ2) is 7.63. The van der Waals surface area contributed by atoms with Crippen LogP contribution in [0.25, 0.3) is 11.4 Å². The summed E-state index contributed by atoms with van der Waals surface area (Å²) in [6.07, 6.45) is 0. The molecule has 0 aliphatic carbocycles. The van der Waals surface area contributed by atoms with Crippen molar-refractivity contribution in [2.75, 3.05) is 14.2 Å². The van der Waals surface area contributed by atoms with E-state index < -0.39 is 0 Å². The number of ether oxygens (including phenoxy) is 3. The van der Waals surface area contributed by atoms with Crippen LogP contribution in [-0.2, 0) is 6.61 Å². The Kier molecular flexibility index (Phi) is 5.31. The van der Waals surface area contributed by atoms with Gasteiger partial charge in [-0.15, -0.1) is 0 Å². The molecule has 130 valence electrons. The Morgan fingerprint density at radius 1 is 1.00 bits per heavy atom.